The molecule has 0 spiro atoms. The summed E-state index contributed by atoms with van der Waals surface area (Å²) in [6.45, 7) is 0. The van der Waals surface area contributed by atoms with E-state index >= 15 is 0 Å². The number of halogens is 1. The summed E-state index contributed by atoms with van der Waals surface area (Å²) in [6, 6.07) is 0. The van der Waals surface area contributed by atoms with Crippen LogP contribution in [0, 0.1) is 10.2 Å². The summed E-state index contributed by atoms with van der Waals surface area (Å²) in [6.07, 6.45) is 0. The molecule has 0 aliphatic rings. The Hall–Kier alpha value is 0.662. The van der Waals surface area contributed by atoms with Crippen LogP contribution < -0.4 is 14.0 Å². The summed E-state index contributed by atoms with van der Waals surface area (Å²) in [5.74, 6) is 0. The van der Waals surface area contributed by atoms with E-state index in [1.807, 2.05) is 0 Å². The van der Waals surface area contributed by atoms with Crippen LogP contribution >= 0.6 is 0 Å². The van der Waals surface area contributed by atoms with E-state index in [2.05, 4.69) is 0 Å². The Bertz CT molecular complexity index is 23.0. The van der Waals surface area contributed by atoms with Gasteiger partial charge in [-0.15, -0.1) is 0 Å². The topological polar surface area (TPSA) is 89.4 Å². The number of hydrogen-bond donors (Lipinski definition) is 1. The minimum atomic E-state index is -4.69. The second kappa shape index (κ2) is 2.77. The smallest absolute Gasteiger partial charge is 0.183 e. The molecule has 0 rings (SSSR count). The number of rotatable bonds is 0. The molecular formula is HClCrO4+3. The van der Waals surface area contributed by atoms with Gasteiger partial charge in [-0.3, -0.25) is 0 Å². The molecule has 1 N–H and O–H groups in total. The molecule has 0 saturated heterocycles. The van der Waals surface area contributed by atoms with Crippen molar-refractivity contribution < 1.29 is 46.2 Å². The van der Waals surface area contributed by atoms with Crippen molar-refractivity contribution in [1.29, 1.82) is 0 Å². The second-order valence-electron chi connectivity index (χ2n) is 0.396. The zero-order chi connectivity index (χ0) is 4.50. The first-order valence-electron chi connectivity index (χ1n) is 0.632. The predicted octanol–water partition coefficient (Wildman–Crippen LogP) is -4.13. The third-order valence-corrected chi connectivity index (χ3v) is 0. The Morgan fingerprint density at radius 3 is 1.17 bits per heavy atom. The summed E-state index contributed by atoms with van der Waals surface area (Å²) < 4.78 is 32.7. The maximum absolute atomic E-state index is 8.60. The molecule has 1 radical (unpaired) electrons. The van der Waals surface area contributed by atoms with E-state index in [9.17, 15) is 0 Å². The van der Waals surface area contributed by atoms with Gasteiger partial charge < -0.3 is 0 Å². The number of hydrogen-bond acceptors (Lipinski definition) is 4. The van der Waals surface area contributed by atoms with Crippen molar-refractivity contribution in [3.05, 3.63) is 0 Å². The first-order chi connectivity index (χ1) is 2.00. The van der Waals surface area contributed by atoms with Crippen molar-refractivity contribution in [2.75, 3.05) is 0 Å². The van der Waals surface area contributed by atoms with Gasteiger partial charge in [-0.25, -0.2) is 0 Å². The molecule has 0 unspecified atom stereocenters. The van der Waals surface area contributed by atoms with Gasteiger partial charge in [0.2, 0.25) is 0 Å². The van der Waals surface area contributed by atoms with Crippen molar-refractivity contribution in [1.82, 2.24) is 0 Å². The minimum Gasteiger partial charge on any atom is -0.183 e. The third-order valence-electron chi connectivity index (χ3n) is 0. The first kappa shape index (κ1) is 9.83. The molecule has 6 heteroatoms. The van der Waals surface area contributed by atoms with Crippen LogP contribution in [0.2, 0.25) is 0 Å². The first-order valence-corrected chi connectivity index (χ1v) is 1.90. The molecule has 0 heterocycles. The third kappa shape index (κ3) is 143. The quantitative estimate of drug-likeness (QED) is 0.382. The molecular weight excluding hydrogens is 151 g/mol. The molecule has 0 aliphatic carbocycles. The molecule has 0 aromatic rings. The molecule has 0 bridgehead atoms. The molecule has 0 fully saturated rings. The van der Waals surface area contributed by atoms with E-state index in [1.54, 1.807) is 0 Å². The Morgan fingerprint density at radius 2 is 1.17 bits per heavy atom. The van der Waals surface area contributed by atoms with Crippen LogP contribution in [0.3, 0.4) is 0 Å². The van der Waals surface area contributed by atoms with Crippen LogP contribution in [0.25, 0.3) is 0 Å². The normalized spacial score (nSPS) is 10.0. The van der Waals surface area contributed by atoms with Crippen LogP contribution in [0.1, 0.15) is 0 Å². The van der Waals surface area contributed by atoms with Gasteiger partial charge >= 0.3 is 17.4 Å². The Morgan fingerprint density at radius 1 is 1.17 bits per heavy atom. The fourth-order valence-electron chi connectivity index (χ4n) is 0. The molecule has 6 heavy (non-hydrogen) atoms. The summed E-state index contributed by atoms with van der Waals surface area (Å²) in [4.78, 5) is 0. The van der Waals surface area contributed by atoms with E-state index in [0.29, 0.717) is 0 Å². The molecule has 35 valence electrons. The van der Waals surface area contributed by atoms with Crippen LogP contribution in [0.5, 0.6) is 0 Å². The van der Waals surface area contributed by atoms with E-state index in [0.717, 1.165) is 0 Å². The summed E-state index contributed by atoms with van der Waals surface area (Å²) >= 11 is 0. The van der Waals surface area contributed by atoms with Gasteiger partial charge in [0, 0.05) is 0 Å². The van der Waals surface area contributed by atoms with Gasteiger partial charge in [0.15, 0.2) is 0 Å². The molecule has 0 amide bonds. The van der Waals surface area contributed by atoms with E-state index in [4.69, 9.17) is 18.6 Å². The van der Waals surface area contributed by atoms with Crippen molar-refractivity contribution >= 4 is 0 Å². The SMILES string of the molecule is [Cr+3].[O-][Cl+3]([O-])([O-])O. The molecule has 0 atom stereocenters. The molecule has 0 saturated carbocycles. The zero-order valence-electron chi connectivity index (χ0n) is 2.46. The van der Waals surface area contributed by atoms with E-state index in [-0.39, 0.29) is 17.4 Å². The molecule has 0 aliphatic heterocycles. The summed E-state index contributed by atoms with van der Waals surface area (Å²) in [5.41, 5.74) is 0. The Balaban J connectivity index is 0. The van der Waals surface area contributed by atoms with E-state index < -0.39 is 10.2 Å². The summed E-state index contributed by atoms with van der Waals surface area (Å²) in [7, 11) is -4.69. The van der Waals surface area contributed by atoms with Gasteiger partial charge in [0.1, 0.15) is 0 Å². The van der Waals surface area contributed by atoms with Crippen molar-refractivity contribution in [2.24, 2.45) is 0 Å². The van der Waals surface area contributed by atoms with Gasteiger partial charge in [0.25, 0.3) is 0 Å². The Kier molecular flexibility index (Phi) is 4.54. The van der Waals surface area contributed by atoms with Crippen LogP contribution in [0.15, 0.2) is 0 Å². The maximum atomic E-state index is 8.60. The zero-order valence-corrected chi connectivity index (χ0v) is 4.49. The van der Waals surface area contributed by atoms with Gasteiger partial charge in [-0.1, -0.05) is 0 Å². The largest absolute Gasteiger partial charge is 3.00 e. The molecule has 0 aromatic carbocycles. The van der Waals surface area contributed by atoms with E-state index in [1.165, 1.54) is 0 Å². The standard InChI is InChI=1S/ClHO4.Cr/c2-1(3,4)5;/h(H,2,3,4,5);/q;+3. The average molecular weight is 152 g/mol. The van der Waals surface area contributed by atoms with Gasteiger partial charge in [-0.2, -0.15) is 14.0 Å². The molecule has 4 nitrogen and oxygen atoms in total. The van der Waals surface area contributed by atoms with Crippen molar-refractivity contribution in [3.8, 4) is 0 Å². The van der Waals surface area contributed by atoms with Crippen molar-refractivity contribution in [3.63, 3.8) is 0 Å². The van der Waals surface area contributed by atoms with Gasteiger partial charge in [-0.05, 0) is 0 Å². The van der Waals surface area contributed by atoms with Gasteiger partial charge in [0.05, 0.1) is 14.9 Å². The summed E-state index contributed by atoms with van der Waals surface area (Å²) in [5, 5.41) is 0. The second-order valence-corrected chi connectivity index (χ2v) is 1.19. The fourth-order valence-corrected chi connectivity index (χ4v) is 0. The monoisotopic (exact) mass is 152 g/mol. The Labute approximate surface area is 46.9 Å². The molecule has 0 aromatic heterocycles. The van der Waals surface area contributed by atoms with Crippen LogP contribution in [0.4, 0.5) is 0 Å². The fraction of sp³-hybridized carbons (Fsp3) is 0. The van der Waals surface area contributed by atoms with Crippen LogP contribution in [-0.4, -0.2) is 4.66 Å². The van der Waals surface area contributed by atoms with Crippen molar-refractivity contribution in [2.45, 2.75) is 0 Å². The van der Waals surface area contributed by atoms with Crippen LogP contribution in [-0.2, 0) is 17.4 Å². The average Bonchev–Trinajstić information content (AvgIpc) is 0.722. The predicted molar refractivity (Wildman–Crippen MR) is 2.22 cm³/mol. The maximum Gasteiger partial charge on any atom is 3.00 e. The minimum absolute atomic E-state index is 0.